The summed E-state index contributed by atoms with van der Waals surface area (Å²) in [6, 6.07) is 13.5. The lowest BCUT2D eigenvalue weighted by Crippen LogP contribution is -2.15. The van der Waals surface area contributed by atoms with Gasteiger partial charge in [0.15, 0.2) is 5.76 Å². The summed E-state index contributed by atoms with van der Waals surface area (Å²) >= 11 is 1.17. The number of benzene rings is 1. The van der Waals surface area contributed by atoms with Crippen molar-refractivity contribution in [1.82, 2.24) is 20.0 Å². The Bertz CT molecular complexity index is 1100. The van der Waals surface area contributed by atoms with E-state index in [9.17, 15) is 4.79 Å². The molecular formula is C20H19N5O3S. The normalized spacial score (nSPS) is 11.0. The Morgan fingerprint density at radius 1 is 1.14 bits per heavy atom. The molecule has 9 heteroatoms. The Hall–Kier alpha value is -3.33. The summed E-state index contributed by atoms with van der Waals surface area (Å²) in [7, 11) is 0. The zero-order valence-corrected chi connectivity index (χ0v) is 16.8. The van der Waals surface area contributed by atoms with E-state index in [1.165, 1.54) is 18.0 Å². The molecule has 0 bridgehead atoms. The van der Waals surface area contributed by atoms with Gasteiger partial charge in [-0.1, -0.05) is 42.1 Å². The van der Waals surface area contributed by atoms with Crippen LogP contribution in [0.15, 0.2) is 62.8 Å². The second-order valence-electron chi connectivity index (χ2n) is 6.38. The first kappa shape index (κ1) is 19.0. The molecule has 4 aromatic rings. The molecule has 0 aliphatic heterocycles. The first-order valence-corrected chi connectivity index (χ1v) is 9.96. The SMILES string of the molecule is Cc1nn(Cc2ccccc2)c(C)c1NC(=O)CSc1nnc(-c2ccco2)o1. The topological polar surface area (TPSA) is 99.0 Å². The first-order valence-electron chi connectivity index (χ1n) is 8.98. The van der Waals surface area contributed by atoms with Crippen molar-refractivity contribution in [3.05, 3.63) is 65.7 Å². The molecule has 0 saturated heterocycles. The fourth-order valence-electron chi connectivity index (χ4n) is 2.86. The van der Waals surface area contributed by atoms with E-state index in [1.807, 2.05) is 48.9 Å². The number of carbonyl (C=O) groups is 1. The molecule has 3 aromatic heterocycles. The lowest BCUT2D eigenvalue weighted by molar-refractivity contribution is -0.113. The van der Waals surface area contributed by atoms with Crippen LogP contribution in [0.2, 0.25) is 0 Å². The zero-order valence-electron chi connectivity index (χ0n) is 16.0. The molecule has 3 heterocycles. The van der Waals surface area contributed by atoms with Gasteiger partial charge in [-0.05, 0) is 31.5 Å². The smallest absolute Gasteiger partial charge is 0.284 e. The lowest BCUT2D eigenvalue weighted by atomic mass is 10.2. The zero-order chi connectivity index (χ0) is 20.2. The van der Waals surface area contributed by atoms with Crippen molar-refractivity contribution in [3.63, 3.8) is 0 Å². The number of aryl methyl sites for hydroxylation is 1. The van der Waals surface area contributed by atoms with Gasteiger partial charge in [-0.2, -0.15) is 5.10 Å². The van der Waals surface area contributed by atoms with Crippen LogP contribution in [0.4, 0.5) is 5.69 Å². The minimum atomic E-state index is -0.168. The van der Waals surface area contributed by atoms with Crippen LogP contribution in [0.5, 0.6) is 0 Å². The number of thioether (sulfide) groups is 1. The second kappa shape index (κ2) is 8.36. The van der Waals surface area contributed by atoms with E-state index < -0.39 is 0 Å². The molecule has 0 fully saturated rings. The molecule has 4 rings (SSSR count). The van der Waals surface area contributed by atoms with Crippen LogP contribution in [0.25, 0.3) is 11.7 Å². The number of nitrogens with zero attached hydrogens (tertiary/aromatic N) is 4. The molecule has 0 atom stereocenters. The Morgan fingerprint density at radius 2 is 1.97 bits per heavy atom. The molecule has 1 N–H and O–H groups in total. The Morgan fingerprint density at radius 3 is 2.72 bits per heavy atom. The number of furan rings is 1. The van der Waals surface area contributed by atoms with Gasteiger partial charge in [0, 0.05) is 0 Å². The largest absolute Gasteiger partial charge is 0.459 e. The third-order valence-electron chi connectivity index (χ3n) is 4.29. The predicted molar refractivity (Wildman–Crippen MR) is 109 cm³/mol. The summed E-state index contributed by atoms with van der Waals surface area (Å²) in [6.07, 6.45) is 1.53. The minimum Gasteiger partial charge on any atom is -0.459 e. The minimum absolute atomic E-state index is 0.141. The molecule has 0 aliphatic rings. The van der Waals surface area contributed by atoms with Crippen molar-refractivity contribution in [3.8, 4) is 11.7 Å². The third kappa shape index (κ3) is 4.40. The monoisotopic (exact) mass is 409 g/mol. The number of anilines is 1. The van der Waals surface area contributed by atoms with E-state index in [1.54, 1.807) is 12.1 Å². The maximum absolute atomic E-state index is 12.4. The average Bonchev–Trinajstić information content (AvgIpc) is 3.45. The number of nitrogens with one attached hydrogen (secondary N) is 1. The highest BCUT2D eigenvalue weighted by Crippen LogP contribution is 2.24. The van der Waals surface area contributed by atoms with Crippen LogP contribution in [0.3, 0.4) is 0 Å². The van der Waals surface area contributed by atoms with Crippen molar-refractivity contribution in [1.29, 1.82) is 0 Å². The number of hydrogen-bond acceptors (Lipinski definition) is 7. The highest BCUT2D eigenvalue weighted by atomic mass is 32.2. The predicted octanol–water partition coefficient (Wildman–Crippen LogP) is 3.92. The molecule has 0 radical (unpaired) electrons. The molecule has 0 unspecified atom stereocenters. The maximum Gasteiger partial charge on any atom is 0.284 e. The molecule has 29 heavy (non-hydrogen) atoms. The maximum atomic E-state index is 12.4. The molecular weight excluding hydrogens is 390 g/mol. The van der Waals surface area contributed by atoms with E-state index >= 15 is 0 Å². The van der Waals surface area contributed by atoms with Gasteiger partial charge in [0.05, 0.1) is 35.6 Å². The summed E-state index contributed by atoms with van der Waals surface area (Å²) in [5, 5.41) is 15.6. The quantitative estimate of drug-likeness (QED) is 0.462. The fraction of sp³-hybridized carbons (Fsp3) is 0.200. The summed E-state index contributed by atoms with van der Waals surface area (Å²) < 4.78 is 12.6. The van der Waals surface area contributed by atoms with Gasteiger partial charge in [0.1, 0.15) is 0 Å². The lowest BCUT2D eigenvalue weighted by Gasteiger charge is -2.07. The van der Waals surface area contributed by atoms with Crippen LogP contribution in [-0.2, 0) is 11.3 Å². The van der Waals surface area contributed by atoms with E-state index in [4.69, 9.17) is 8.83 Å². The standard InChI is InChI=1S/C20H19N5O3S/c1-13-18(14(2)25(24-13)11-15-7-4-3-5-8-15)21-17(26)12-29-20-23-22-19(28-20)16-9-6-10-27-16/h3-10H,11-12H2,1-2H3,(H,21,26). The molecule has 0 aliphatic carbocycles. The molecule has 1 aromatic carbocycles. The van der Waals surface area contributed by atoms with Gasteiger partial charge in [-0.3, -0.25) is 9.48 Å². The van der Waals surface area contributed by atoms with Crippen LogP contribution in [-0.4, -0.2) is 31.6 Å². The van der Waals surface area contributed by atoms with E-state index in [2.05, 4.69) is 20.6 Å². The van der Waals surface area contributed by atoms with Gasteiger partial charge in [-0.25, -0.2) is 0 Å². The number of aromatic nitrogens is 4. The molecule has 1 amide bonds. The highest BCUT2D eigenvalue weighted by molar-refractivity contribution is 7.99. The molecule has 0 saturated carbocycles. The van der Waals surface area contributed by atoms with Crippen molar-refractivity contribution in [2.24, 2.45) is 0 Å². The van der Waals surface area contributed by atoms with E-state index in [0.717, 1.165) is 22.6 Å². The Labute approximate surface area is 171 Å². The fourth-order valence-corrected chi connectivity index (χ4v) is 3.42. The number of rotatable bonds is 7. The van der Waals surface area contributed by atoms with Crippen LogP contribution in [0, 0.1) is 13.8 Å². The summed E-state index contributed by atoms with van der Waals surface area (Å²) in [6.45, 7) is 4.47. The second-order valence-corrected chi connectivity index (χ2v) is 7.30. The Kier molecular flexibility index (Phi) is 5.48. The van der Waals surface area contributed by atoms with Gasteiger partial charge < -0.3 is 14.2 Å². The Balaban J connectivity index is 1.37. The van der Waals surface area contributed by atoms with E-state index in [-0.39, 0.29) is 17.6 Å². The highest BCUT2D eigenvalue weighted by Gasteiger charge is 2.16. The molecule has 0 spiro atoms. The van der Waals surface area contributed by atoms with Crippen molar-refractivity contribution < 1.29 is 13.6 Å². The molecule has 8 nitrogen and oxygen atoms in total. The van der Waals surface area contributed by atoms with Gasteiger partial charge in [0.25, 0.3) is 11.1 Å². The van der Waals surface area contributed by atoms with Gasteiger partial charge in [-0.15, -0.1) is 10.2 Å². The summed E-state index contributed by atoms with van der Waals surface area (Å²) in [4.78, 5) is 12.4. The summed E-state index contributed by atoms with van der Waals surface area (Å²) in [5.41, 5.74) is 3.56. The number of hydrogen-bond donors (Lipinski definition) is 1. The third-order valence-corrected chi connectivity index (χ3v) is 5.10. The number of carbonyl (C=O) groups excluding carboxylic acids is 1. The summed E-state index contributed by atoms with van der Waals surface area (Å²) in [5.74, 6) is 0.749. The van der Waals surface area contributed by atoms with Crippen LogP contribution < -0.4 is 5.32 Å². The van der Waals surface area contributed by atoms with E-state index in [0.29, 0.717) is 17.5 Å². The van der Waals surface area contributed by atoms with Gasteiger partial charge >= 0.3 is 0 Å². The van der Waals surface area contributed by atoms with Crippen molar-refractivity contribution in [2.75, 3.05) is 11.1 Å². The molecule has 148 valence electrons. The average molecular weight is 409 g/mol. The van der Waals surface area contributed by atoms with Crippen molar-refractivity contribution in [2.45, 2.75) is 25.6 Å². The first-order chi connectivity index (χ1) is 14.1. The number of amides is 1. The van der Waals surface area contributed by atoms with Crippen LogP contribution >= 0.6 is 11.8 Å². The van der Waals surface area contributed by atoms with Crippen LogP contribution in [0.1, 0.15) is 17.0 Å². The van der Waals surface area contributed by atoms with Crippen molar-refractivity contribution >= 4 is 23.4 Å². The van der Waals surface area contributed by atoms with Gasteiger partial charge in [0.2, 0.25) is 5.91 Å².